The van der Waals surface area contributed by atoms with Crippen LogP contribution in [0.25, 0.3) is 0 Å². The minimum atomic E-state index is -0.458. The molecule has 2 saturated heterocycles. The number of hydrogen-bond donors (Lipinski definition) is 2. The van der Waals surface area contributed by atoms with Crippen LogP contribution < -0.4 is 5.32 Å². The van der Waals surface area contributed by atoms with E-state index in [1.807, 2.05) is 0 Å². The number of epoxide rings is 1. The second-order valence-corrected chi connectivity index (χ2v) is 3.63. The van der Waals surface area contributed by atoms with Crippen LogP contribution in [0.2, 0.25) is 0 Å². The highest BCUT2D eigenvalue weighted by atomic mass is 16.7. The molecule has 3 heteroatoms. The first kappa shape index (κ1) is 7.53. The largest absolute Gasteiger partial charge is 0.366 e. The summed E-state index contributed by atoms with van der Waals surface area (Å²) in [6.07, 6.45) is 0.829. The number of ether oxygens (including phenoxy) is 1. The van der Waals surface area contributed by atoms with E-state index in [-0.39, 0.29) is 6.10 Å². The van der Waals surface area contributed by atoms with Gasteiger partial charge in [0, 0.05) is 0 Å². The summed E-state index contributed by atoms with van der Waals surface area (Å²) >= 11 is 0. The summed E-state index contributed by atoms with van der Waals surface area (Å²) in [5.41, 5.74) is 0. The van der Waals surface area contributed by atoms with Crippen LogP contribution in [0.4, 0.5) is 0 Å². The molecule has 2 fully saturated rings. The van der Waals surface area contributed by atoms with Crippen LogP contribution in [0, 0.1) is 11.8 Å². The van der Waals surface area contributed by atoms with Crippen molar-refractivity contribution in [3.63, 3.8) is 0 Å². The average molecular weight is 157 g/mol. The SMILES string of the molecule is C[C@H]1CNCC[C@H]1C1OC1O. The molecule has 0 amide bonds. The number of piperidine rings is 1. The third-order valence-electron chi connectivity index (χ3n) is 2.77. The van der Waals surface area contributed by atoms with Crippen molar-refractivity contribution >= 4 is 0 Å². The molecule has 0 aromatic carbocycles. The second-order valence-electron chi connectivity index (χ2n) is 3.63. The van der Waals surface area contributed by atoms with Crippen molar-refractivity contribution in [2.24, 2.45) is 11.8 Å². The Morgan fingerprint density at radius 3 is 2.82 bits per heavy atom. The molecule has 2 unspecified atom stereocenters. The van der Waals surface area contributed by atoms with E-state index in [4.69, 9.17) is 9.84 Å². The molecule has 0 aromatic heterocycles. The third kappa shape index (κ3) is 1.41. The smallest absolute Gasteiger partial charge is 0.182 e. The zero-order valence-corrected chi connectivity index (χ0v) is 6.79. The number of aliphatic hydroxyl groups excluding tert-OH is 1. The zero-order valence-electron chi connectivity index (χ0n) is 6.79. The van der Waals surface area contributed by atoms with E-state index >= 15 is 0 Å². The van der Waals surface area contributed by atoms with Crippen molar-refractivity contribution in [3.05, 3.63) is 0 Å². The van der Waals surface area contributed by atoms with Gasteiger partial charge in [-0.05, 0) is 31.3 Å². The van der Waals surface area contributed by atoms with Gasteiger partial charge in [-0.25, -0.2) is 0 Å². The highest BCUT2D eigenvalue weighted by Gasteiger charge is 2.45. The number of hydrogen-bond acceptors (Lipinski definition) is 3. The van der Waals surface area contributed by atoms with E-state index in [1.54, 1.807) is 0 Å². The molecule has 2 rings (SSSR count). The van der Waals surface area contributed by atoms with E-state index in [2.05, 4.69) is 12.2 Å². The zero-order chi connectivity index (χ0) is 7.84. The van der Waals surface area contributed by atoms with E-state index in [9.17, 15) is 0 Å². The summed E-state index contributed by atoms with van der Waals surface area (Å²) in [4.78, 5) is 0. The highest BCUT2D eigenvalue weighted by molar-refractivity contribution is 4.89. The highest BCUT2D eigenvalue weighted by Crippen LogP contribution is 2.35. The van der Waals surface area contributed by atoms with Gasteiger partial charge >= 0.3 is 0 Å². The van der Waals surface area contributed by atoms with Crippen molar-refractivity contribution in [2.45, 2.75) is 25.7 Å². The molecule has 4 atom stereocenters. The molecule has 0 radical (unpaired) electrons. The molecule has 3 nitrogen and oxygen atoms in total. The minimum absolute atomic E-state index is 0.145. The molecule has 0 aromatic rings. The molecule has 0 aliphatic carbocycles. The van der Waals surface area contributed by atoms with E-state index < -0.39 is 6.29 Å². The minimum Gasteiger partial charge on any atom is -0.366 e. The average Bonchev–Trinajstić information content (AvgIpc) is 2.68. The Kier molecular flexibility index (Phi) is 1.87. The van der Waals surface area contributed by atoms with E-state index in [0.717, 1.165) is 19.5 Å². The van der Waals surface area contributed by atoms with Gasteiger partial charge in [-0.1, -0.05) is 6.92 Å². The fraction of sp³-hybridized carbons (Fsp3) is 1.00. The lowest BCUT2D eigenvalue weighted by atomic mass is 9.85. The Morgan fingerprint density at radius 2 is 2.27 bits per heavy atom. The van der Waals surface area contributed by atoms with Crippen LogP contribution in [-0.2, 0) is 4.74 Å². The molecular weight excluding hydrogens is 142 g/mol. The van der Waals surface area contributed by atoms with Crippen molar-refractivity contribution in [2.75, 3.05) is 13.1 Å². The molecule has 0 spiro atoms. The fourth-order valence-corrected chi connectivity index (χ4v) is 1.95. The summed E-state index contributed by atoms with van der Waals surface area (Å²) in [6, 6.07) is 0. The van der Waals surface area contributed by atoms with Gasteiger partial charge in [0.05, 0.1) is 0 Å². The molecule has 2 aliphatic heterocycles. The Balaban J connectivity index is 1.90. The number of rotatable bonds is 1. The van der Waals surface area contributed by atoms with Gasteiger partial charge < -0.3 is 15.2 Å². The first-order valence-corrected chi connectivity index (χ1v) is 4.33. The topological polar surface area (TPSA) is 44.8 Å². The van der Waals surface area contributed by atoms with Gasteiger partial charge in [-0.2, -0.15) is 0 Å². The van der Waals surface area contributed by atoms with Crippen molar-refractivity contribution < 1.29 is 9.84 Å². The Hall–Kier alpha value is -0.120. The van der Waals surface area contributed by atoms with Gasteiger partial charge in [-0.3, -0.25) is 0 Å². The van der Waals surface area contributed by atoms with Gasteiger partial charge in [-0.15, -0.1) is 0 Å². The maximum Gasteiger partial charge on any atom is 0.182 e. The van der Waals surface area contributed by atoms with Crippen LogP contribution in [-0.4, -0.2) is 30.6 Å². The number of aliphatic hydroxyl groups is 1. The molecule has 64 valence electrons. The van der Waals surface area contributed by atoms with Crippen LogP contribution in [0.1, 0.15) is 13.3 Å². The van der Waals surface area contributed by atoms with Gasteiger partial charge in [0.25, 0.3) is 0 Å². The lowest BCUT2D eigenvalue weighted by Crippen LogP contribution is -2.37. The predicted molar refractivity (Wildman–Crippen MR) is 41.0 cm³/mol. The summed E-state index contributed by atoms with van der Waals surface area (Å²) in [5, 5.41) is 12.4. The predicted octanol–water partition coefficient (Wildman–Crippen LogP) is -0.0508. The van der Waals surface area contributed by atoms with Crippen LogP contribution in [0.15, 0.2) is 0 Å². The first-order valence-electron chi connectivity index (χ1n) is 4.33. The molecule has 0 saturated carbocycles. The lowest BCUT2D eigenvalue weighted by molar-refractivity contribution is 0.154. The van der Waals surface area contributed by atoms with E-state index in [1.165, 1.54) is 0 Å². The molecule has 11 heavy (non-hydrogen) atoms. The van der Waals surface area contributed by atoms with Crippen molar-refractivity contribution in [1.82, 2.24) is 5.32 Å². The Bertz CT molecular complexity index is 149. The van der Waals surface area contributed by atoms with Crippen molar-refractivity contribution in [3.8, 4) is 0 Å². The maximum absolute atomic E-state index is 9.05. The van der Waals surface area contributed by atoms with Crippen molar-refractivity contribution in [1.29, 1.82) is 0 Å². The van der Waals surface area contributed by atoms with Gasteiger partial charge in [0.15, 0.2) is 6.29 Å². The normalized spacial score (nSPS) is 50.7. The molecule has 2 N–H and O–H groups in total. The summed E-state index contributed by atoms with van der Waals surface area (Å²) in [6.45, 7) is 4.35. The molecule has 2 aliphatic rings. The third-order valence-corrected chi connectivity index (χ3v) is 2.77. The van der Waals surface area contributed by atoms with Crippen LogP contribution >= 0.6 is 0 Å². The summed E-state index contributed by atoms with van der Waals surface area (Å²) < 4.78 is 5.05. The Morgan fingerprint density at radius 1 is 1.55 bits per heavy atom. The first-order chi connectivity index (χ1) is 5.29. The van der Waals surface area contributed by atoms with Crippen LogP contribution in [0.5, 0.6) is 0 Å². The second kappa shape index (κ2) is 2.73. The van der Waals surface area contributed by atoms with Gasteiger partial charge in [0.1, 0.15) is 6.10 Å². The standard InChI is InChI=1S/C8H15NO2/c1-5-4-9-3-2-6(5)7-8(10)11-7/h5-10H,2-4H2,1H3/t5-,6+,7?,8?/m0/s1. The summed E-state index contributed by atoms with van der Waals surface area (Å²) in [5.74, 6) is 1.22. The fourth-order valence-electron chi connectivity index (χ4n) is 1.95. The Labute approximate surface area is 66.7 Å². The van der Waals surface area contributed by atoms with E-state index in [0.29, 0.717) is 11.8 Å². The molecule has 2 heterocycles. The monoisotopic (exact) mass is 157 g/mol. The molecule has 0 bridgehead atoms. The lowest BCUT2D eigenvalue weighted by Gasteiger charge is -2.27. The quantitative estimate of drug-likeness (QED) is 0.524. The summed E-state index contributed by atoms with van der Waals surface area (Å²) in [7, 11) is 0. The molecular formula is C8H15NO2. The van der Waals surface area contributed by atoms with Gasteiger partial charge in [0.2, 0.25) is 0 Å². The van der Waals surface area contributed by atoms with Crippen LogP contribution in [0.3, 0.4) is 0 Å². The maximum atomic E-state index is 9.05. The number of nitrogens with one attached hydrogen (secondary N) is 1.